The summed E-state index contributed by atoms with van der Waals surface area (Å²) in [6, 6.07) is 6.06. The van der Waals surface area contributed by atoms with Crippen LogP contribution in [0.25, 0.3) is 16.8 Å². The highest BCUT2D eigenvalue weighted by molar-refractivity contribution is 6.01. The van der Waals surface area contributed by atoms with Crippen LogP contribution in [0.1, 0.15) is 12.5 Å². The lowest BCUT2D eigenvalue weighted by atomic mass is 9.96. The monoisotopic (exact) mass is 362 g/mol. The molecule has 1 amide bonds. The quantitative estimate of drug-likeness (QED) is 0.479. The van der Waals surface area contributed by atoms with Crippen molar-refractivity contribution in [1.29, 1.82) is 0 Å². The number of anilines is 1. The molecule has 0 aromatic heterocycles. The fourth-order valence-electron chi connectivity index (χ4n) is 2.50. The molecule has 0 heterocycles. The molecule has 2 rings (SSSR count). The van der Waals surface area contributed by atoms with Crippen molar-refractivity contribution < 1.29 is 18.3 Å². The van der Waals surface area contributed by atoms with Gasteiger partial charge in [0.2, 0.25) is 0 Å². The molecule has 0 aliphatic rings. The predicted octanol–water partition coefficient (Wildman–Crippen LogP) is 1.94. The predicted molar refractivity (Wildman–Crippen MR) is 96.7 cm³/mol. The first-order valence-corrected chi connectivity index (χ1v) is 7.77. The van der Waals surface area contributed by atoms with Crippen molar-refractivity contribution in [2.45, 2.75) is 6.92 Å². The van der Waals surface area contributed by atoms with Gasteiger partial charge >= 0.3 is 0 Å². The van der Waals surface area contributed by atoms with Crippen LogP contribution >= 0.6 is 0 Å². The third kappa shape index (κ3) is 3.53. The maximum Gasteiger partial charge on any atom is 0.269 e. The topological polar surface area (TPSA) is 116 Å². The van der Waals surface area contributed by atoms with Crippen LogP contribution in [0, 0.1) is 11.6 Å². The molecule has 0 saturated carbocycles. The van der Waals surface area contributed by atoms with E-state index in [1.54, 1.807) is 6.92 Å². The van der Waals surface area contributed by atoms with E-state index in [9.17, 15) is 13.6 Å². The minimum Gasteiger partial charge on any atom is -0.496 e. The lowest BCUT2D eigenvalue weighted by Crippen LogP contribution is -2.30. The van der Waals surface area contributed by atoms with Gasteiger partial charge in [-0.1, -0.05) is 0 Å². The lowest BCUT2D eigenvalue weighted by Gasteiger charge is -2.16. The molecular formula is C18H20F2N4O2. The second-order valence-corrected chi connectivity index (χ2v) is 5.42. The van der Waals surface area contributed by atoms with Gasteiger partial charge in [-0.3, -0.25) is 4.79 Å². The average Bonchev–Trinajstić information content (AvgIpc) is 2.61. The number of nitrogens with two attached hydrogens (primary N) is 3. The van der Waals surface area contributed by atoms with E-state index < -0.39 is 17.5 Å². The summed E-state index contributed by atoms with van der Waals surface area (Å²) in [5.74, 6) is -1.62. The highest BCUT2D eigenvalue weighted by Gasteiger charge is 2.20. The number of halogens is 2. The molecule has 8 heteroatoms. The van der Waals surface area contributed by atoms with E-state index >= 15 is 0 Å². The zero-order valence-corrected chi connectivity index (χ0v) is 14.4. The van der Waals surface area contributed by atoms with Gasteiger partial charge in [0, 0.05) is 23.2 Å². The second kappa shape index (κ2) is 7.73. The number of hydrogen-bond donors (Lipinski definition) is 4. The Morgan fingerprint density at radius 3 is 2.50 bits per heavy atom. The molecule has 0 atom stereocenters. The van der Waals surface area contributed by atoms with E-state index in [0.717, 1.165) is 12.1 Å². The van der Waals surface area contributed by atoms with E-state index in [4.69, 9.17) is 21.9 Å². The molecule has 138 valence electrons. The van der Waals surface area contributed by atoms with Crippen molar-refractivity contribution in [3.8, 4) is 16.9 Å². The minimum atomic E-state index is -0.695. The summed E-state index contributed by atoms with van der Waals surface area (Å²) >= 11 is 0. The van der Waals surface area contributed by atoms with Crippen LogP contribution in [0.2, 0.25) is 0 Å². The number of rotatable bonds is 5. The molecule has 2 aromatic carbocycles. The summed E-state index contributed by atoms with van der Waals surface area (Å²) in [7, 11) is 1.37. The fourth-order valence-corrected chi connectivity index (χ4v) is 2.50. The number of ether oxygens (including phenoxy) is 1. The Labute approximate surface area is 149 Å². The van der Waals surface area contributed by atoms with Crippen molar-refractivity contribution in [2.24, 2.45) is 11.5 Å². The van der Waals surface area contributed by atoms with Crippen LogP contribution in [-0.4, -0.2) is 19.6 Å². The summed E-state index contributed by atoms with van der Waals surface area (Å²) in [5, 5.41) is 2.51. The van der Waals surface area contributed by atoms with Gasteiger partial charge in [0.25, 0.3) is 5.91 Å². The lowest BCUT2D eigenvalue weighted by molar-refractivity contribution is -0.117. The Hall–Kier alpha value is -3.29. The Morgan fingerprint density at radius 1 is 1.19 bits per heavy atom. The molecule has 0 spiro atoms. The van der Waals surface area contributed by atoms with Crippen molar-refractivity contribution in [2.75, 3.05) is 19.4 Å². The zero-order chi connectivity index (χ0) is 19.4. The number of likely N-dealkylation sites (N-methyl/N-ethyl adjacent to an activating group) is 1. The summed E-state index contributed by atoms with van der Waals surface area (Å²) in [4.78, 5) is 11.9. The van der Waals surface area contributed by atoms with E-state index in [1.807, 2.05) is 0 Å². The highest BCUT2D eigenvalue weighted by atomic mass is 19.1. The number of nitrogens with one attached hydrogen (secondary N) is 1. The molecule has 0 fully saturated rings. The first-order chi connectivity index (χ1) is 12.3. The first kappa shape index (κ1) is 19.0. The molecule has 7 N–H and O–H groups in total. The van der Waals surface area contributed by atoms with Gasteiger partial charge < -0.3 is 27.3 Å². The van der Waals surface area contributed by atoms with Gasteiger partial charge in [-0.15, -0.1) is 0 Å². The van der Waals surface area contributed by atoms with E-state index in [2.05, 4.69) is 5.32 Å². The fraction of sp³-hybridized carbons (Fsp3) is 0.167. The van der Waals surface area contributed by atoms with Crippen LogP contribution in [0.5, 0.6) is 5.75 Å². The van der Waals surface area contributed by atoms with Gasteiger partial charge in [0.15, 0.2) is 0 Å². The average molecular weight is 362 g/mol. The molecule has 0 saturated heterocycles. The third-order valence-electron chi connectivity index (χ3n) is 3.79. The molecule has 0 radical (unpaired) electrons. The zero-order valence-electron chi connectivity index (χ0n) is 14.4. The maximum atomic E-state index is 14.5. The smallest absolute Gasteiger partial charge is 0.269 e. The van der Waals surface area contributed by atoms with Crippen LogP contribution in [0.4, 0.5) is 14.5 Å². The number of methoxy groups -OCH3 is 1. The third-order valence-corrected chi connectivity index (χ3v) is 3.79. The maximum absolute atomic E-state index is 14.5. The molecule has 0 unspecified atom stereocenters. The van der Waals surface area contributed by atoms with Gasteiger partial charge in [-0.05, 0) is 37.3 Å². The molecule has 6 nitrogen and oxygen atoms in total. The Morgan fingerprint density at radius 2 is 1.88 bits per heavy atom. The standard InChI is InChI=1S/C18H20F2N4O2/c1-3-24-18(25)17(23)16(22)10-5-6-12(20)14(15(10)21)11-8-9(19)4-7-13(11)26-2/h4-8H,3,21-23H2,1-2H3,(H,24,25)/b17-16+. The van der Waals surface area contributed by atoms with Crippen molar-refractivity contribution in [1.82, 2.24) is 5.32 Å². The number of carbonyl (C=O) groups is 1. The summed E-state index contributed by atoms with van der Waals surface area (Å²) in [6.07, 6.45) is 0. The van der Waals surface area contributed by atoms with Crippen LogP contribution in [0.3, 0.4) is 0 Å². The number of amides is 1. The number of hydrogen-bond acceptors (Lipinski definition) is 5. The van der Waals surface area contributed by atoms with Crippen molar-refractivity contribution in [3.05, 3.63) is 53.2 Å². The van der Waals surface area contributed by atoms with Gasteiger partial charge in [-0.2, -0.15) is 0 Å². The van der Waals surface area contributed by atoms with E-state index in [0.29, 0.717) is 6.54 Å². The molecule has 0 aliphatic heterocycles. The first-order valence-electron chi connectivity index (χ1n) is 7.77. The van der Waals surface area contributed by atoms with Crippen LogP contribution < -0.4 is 27.3 Å². The highest BCUT2D eigenvalue weighted by Crippen LogP contribution is 2.39. The van der Waals surface area contributed by atoms with E-state index in [-0.39, 0.29) is 39.5 Å². The van der Waals surface area contributed by atoms with Gasteiger partial charge in [-0.25, -0.2) is 8.78 Å². The van der Waals surface area contributed by atoms with E-state index in [1.165, 1.54) is 25.3 Å². The summed E-state index contributed by atoms with van der Waals surface area (Å²) in [5.41, 5.74) is 17.6. The number of nitrogen functional groups attached to an aromatic ring is 1. The second-order valence-electron chi connectivity index (χ2n) is 5.42. The summed E-state index contributed by atoms with van der Waals surface area (Å²) < 4.78 is 33.3. The van der Waals surface area contributed by atoms with Crippen molar-refractivity contribution >= 4 is 17.3 Å². The molecule has 2 aromatic rings. The van der Waals surface area contributed by atoms with Crippen LogP contribution in [-0.2, 0) is 4.79 Å². The van der Waals surface area contributed by atoms with Gasteiger partial charge in [0.05, 0.1) is 18.5 Å². The van der Waals surface area contributed by atoms with Crippen molar-refractivity contribution in [3.63, 3.8) is 0 Å². The van der Waals surface area contributed by atoms with Crippen LogP contribution in [0.15, 0.2) is 36.0 Å². The number of carbonyl (C=O) groups excluding carboxylic acids is 1. The van der Waals surface area contributed by atoms with Gasteiger partial charge in [0.1, 0.15) is 23.1 Å². The molecular weight excluding hydrogens is 342 g/mol. The molecule has 26 heavy (non-hydrogen) atoms. The molecule has 0 bridgehead atoms. The Bertz CT molecular complexity index is 882. The molecule has 0 aliphatic carbocycles. The summed E-state index contributed by atoms with van der Waals surface area (Å²) in [6.45, 7) is 2.08. The minimum absolute atomic E-state index is 0.0846. The Kier molecular flexibility index (Phi) is 5.66. The number of benzene rings is 2. The normalized spacial score (nSPS) is 11.7. The SMILES string of the molecule is CCNC(=O)/C(N)=C(\N)c1ccc(F)c(-c2cc(F)ccc2OC)c1N. The largest absolute Gasteiger partial charge is 0.496 e. The Balaban J connectivity index is 2.70.